The Balaban J connectivity index is 1.65. The molecule has 3 aromatic rings. The molecule has 33 heavy (non-hydrogen) atoms. The molecule has 1 aromatic heterocycles. The van der Waals surface area contributed by atoms with Crippen LogP contribution in [0.3, 0.4) is 0 Å². The molecule has 1 fully saturated rings. The standard InChI is InChI=1S/C22H20N4O7/c23-18(28)19-24-12-26(25-19)20-17(33-22(30)14-9-5-2-6-10-14)16(15(11-27)31-20)32-21(29)13-7-3-1-4-8-13/h1-10,12,15-17,20,27H,11H2,(H2,23,28)/t15-,16+,17?,20-/m1/s1. The number of hydrogen-bond acceptors (Lipinski definition) is 9. The van der Waals surface area contributed by atoms with Crippen LogP contribution in [0.15, 0.2) is 67.0 Å². The summed E-state index contributed by atoms with van der Waals surface area (Å²) in [7, 11) is 0. The molecule has 1 saturated heterocycles. The maximum atomic E-state index is 12.8. The van der Waals surface area contributed by atoms with Crippen LogP contribution in [0.2, 0.25) is 0 Å². The van der Waals surface area contributed by atoms with Gasteiger partial charge < -0.3 is 25.1 Å². The Bertz CT molecular complexity index is 1140. The van der Waals surface area contributed by atoms with E-state index >= 15 is 0 Å². The Hall–Kier alpha value is -4.09. The van der Waals surface area contributed by atoms with Gasteiger partial charge in [0.1, 0.15) is 12.4 Å². The van der Waals surface area contributed by atoms with Crippen LogP contribution >= 0.6 is 0 Å². The summed E-state index contributed by atoms with van der Waals surface area (Å²) in [5.41, 5.74) is 5.74. The van der Waals surface area contributed by atoms with Crippen molar-refractivity contribution in [2.75, 3.05) is 6.61 Å². The van der Waals surface area contributed by atoms with Crippen LogP contribution in [0.1, 0.15) is 37.6 Å². The number of primary amides is 1. The number of carbonyl (C=O) groups is 3. The van der Waals surface area contributed by atoms with Crippen LogP contribution in [-0.2, 0) is 14.2 Å². The summed E-state index contributed by atoms with van der Waals surface area (Å²) >= 11 is 0. The molecular formula is C22H20N4O7. The summed E-state index contributed by atoms with van der Waals surface area (Å²) in [6.45, 7) is -0.542. The Morgan fingerprint density at radius 1 is 0.939 bits per heavy atom. The molecule has 11 heteroatoms. The zero-order valence-corrected chi connectivity index (χ0v) is 17.2. The Labute approximate surface area is 187 Å². The minimum absolute atomic E-state index is 0.258. The normalized spacial score (nSPS) is 22.0. The molecule has 0 spiro atoms. The first-order valence-corrected chi connectivity index (χ1v) is 9.97. The van der Waals surface area contributed by atoms with E-state index in [1.54, 1.807) is 60.7 Å². The maximum absolute atomic E-state index is 12.8. The molecule has 1 amide bonds. The maximum Gasteiger partial charge on any atom is 0.338 e. The average Bonchev–Trinajstić information content (AvgIpc) is 3.46. The number of aromatic nitrogens is 3. The number of nitrogens with two attached hydrogens (primary N) is 1. The van der Waals surface area contributed by atoms with Gasteiger partial charge in [-0.15, -0.1) is 5.10 Å². The van der Waals surface area contributed by atoms with E-state index in [1.165, 1.54) is 6.33 Å². The largest absolute Gasteiger partial charge is 0.452 e. The molecule has 11 nitrogen and oxygen atoms in total. The van der Waals surface area contributed by atoms with E-state index in [0.29, 0.717) is 0 Å². The molecule has 0 saturated carbocycles. The first kappa shape index (κ1) is 22.1. The highest BCUT2D eigenvalue weighted by molar-refractivity contribution is 5.90. The molecule has 4 rings (SSSR count). The molecule has 4 atom stereocenters. The lowest BCUT2D eigenvalue weighted by Gasteiger charge is -2.24. The van der Waals surface area contributed by atoms with Crippen molar-refractivity contribution in [3.63, 3.8) is 0 Å². The van der Waals surface area contributed by atoms with Crippen molar-refractivity contribution < 1.29 is 33.7 Å². The summed E-state index contributed by atoms with van der Waals surface area (Å²) in [5.74, 6) is -2.54. The summed E-state index contributed by atoms with van der Waals surface area (Å²) in [5, 5.41) is 13.8. The lowest BCUT2D eigenvalue weighted by molar-refractivity contribution is -0.0641. The van der Waals surface area contributed by atoms with Crippen molar-refractivity contribution >= 4 is 17.8 Å². The Morgan fingerprint density at radius 2 is 1.48 bits per heavy atom. The van der Waals surface area contributed by atoms with Gasteiger partial charge in [0.05, 0.1) is 17.7 Å². The molecule has 0 bridgehead atoms. The number of benzene rings is 2. The topological polar surface area (TPSA) is 156 Å². The average molecular weight is 452 g/mol. The van der Waals surface area contributed by atoms with Crippen molar-refractivity contribution in [1.82, 2.24) is 14.8 Å². The first-order valence-electron chi connectivity index (χ1n) is 9.97. The number of aliphatic hydroxyl groups excluding tert-OH is 1. The zero-order chi connectivity index (χ0) is 23.4. The van der Waals surface area contributed by atoms with E-state index in [2.05, 4.69) is 10.1 Å². The second-order valence-electron chi connectivity index (χ2n) is 7.13. The number of esters is 2. The minimum Gasteiger partial charge on any atom is -0.452 e. The summed E-state index contributed by atoms with van der Waals surface area (Å²) in [4.78, 5) is 40.7. The van der Waals surface area contributed by atoms with E-state index < -0.39 is 49.0 Å². The molecule has 2 heterocycles. The van der Waals surface area contributed by atoms with Gasteiger partial charge in [-0.2, -0.15) is 0 Å². The highest BCUT2D eigenvalue weighted by Gasteiger charge is 2.51. The number of ether oxygens (including phenoxy) is 3. The third kappa shape index (κ3) is 4.73. The highest BCUT2D eigenvalue weighted by atomic mass is 16.6. The van der Waals surface area contributed by atoms with Crippen molar-refractivity contribution in [1.29, 1.82) is 0 Å². The molecule has 1 aliphatic rings. The van der Waals surface area contributed by atoms with Gasteiger partial charge in [-0.3, -0.25) is 4.79 Å². The van der Waals surface area contributed by atoms with Crippen molar-refractivity contribution in [2.45, 2.75) is 24.5 Å². The molecule has 1 unspecified atom stereocenters. The number of aliphatic hydroxyl groups is 1. The molecule has 0 radical (unpaired) electrons. The summed E-state index contributed by atoms with van der Waals surface area (Å²) in [6, 6.07) is 16.4. The van der Waals surface area contributed by atoms with E-state index in [0.717, 1.165) is 4.68 Å². The Morgan fingerprint density at radius 3 is 1.97 bits per heavy atom. The van der Waals surface area contributed by atoms with Crippen LogP contribution in [0.25, 0.3) is 0 Å². The van der Waals surface area contributed by atoms with Crippen LogP contribution in [0, 0.1) is 0 Å². The molecule has 1 aliphatic heterocycles. The second-order valence-corrected chi connectivity index (χ2v) is 7.13. The lowest BCUT2D eigenvalue weighted by atomic mass is 10.1. The van der Waals surface area contributed by atoms with Crippen LogP contribution in [-0.4, -0.2) is 62.6 Å². The third-order valence-electron chi connectivity index (χ3n) is 4.96. The predicted molar refractivity (Wildman–Crippen MR) is 111 cm³/mol. The van der Waals surface area contributed by atoms with E-state index in [4.69, 9.17) is 19.9 Å². The predicted octanol–water partition coefficient (Wildman–Crippen LogP) is 0.718. The van der Waals surface area contributed by atoms with Crippen molar-refractivity contribution in [3.8, 4) is 0 Å². The van der Waals surface area contributed by atoms with Crippen LogP contribution in [0.5, 0.6) is 0 Å². The molecule has 170 valence electrons. The fraction of sp³-hybridized carbons (Fsp3) is 0.227. The van der Waals surface area contributed by atoms with Gasteiger partial charge in [-0.25, -0.2) is 19.3 Å². The SMILES string of the molecule is NC(=O)c1ncn([C@@H]2O[C@H](CO)[C@H](OC(=O)c3ccccc3)C2OC(=O)c2ccccc2)n1. The number of rotatable bonds is 7. The number of amides is 1. The van der Waals surface area contributed by atoms with Gasteiger partial charge in [0.15, 0.2) is 18.4 Å². The minimum atomic E-state index is -1.22. The van der Waals surface area contributed by atoms with Crippen LogP contribution in [0.4, 0.5) is 0 Å². The quantitative estimate of drug-likeness (QED) is 0.493. The lowest BCUT2D eigenvalue weighted by Crippen LogP contribution is -2.40. The fourth-order valence-electron chi connectivity index (χ4n) is 3.38. The number of nitrogens with zero attached hydrogens (tertiary/aromatic N) is 3. The molecular weight excluding hydrogens is 432 g/mol. The van der Waals surface area contributed by atoms with Gasteiger partial charge >= 0.3 is 11.9 Å². The first-order chi connectivity index (χ1) is 16.0. The van der Waals surface area contributed by atoms with Gasteiger partial charge in [0, 0.05) is 0 Å². The second kappa shape index (κ2) is 9.59. The molecule has 2 aromatic carbocycles. The van der Waals surface area contributed by atoms with Crippen LogP contribution < -0.4 is 5.73 Å². The van der Waals surface area contributed by atoms with E-state index in [1.807, 2.05) is 0 Å². The van der Waals surface area contributed by atoms with E-state index in [9.17, 15) is 19.5 Å². The highest BCUT2D eigenvalue weighted by Crippen LogP contribution is 2.34. The van der Waals surface area contributed by atoms with Crippen molar-refractivity contribution in [3.05, 3.63) is 83.9 Å². The monoisotopic (exact) mass is 452 g/mol. The number of carbonyl (C=O) groups excluding carboxylic acids is 3. The van der Waals surface area contributed by atoms with Gasteiger partial charge in [-0.05, 0) is 24.3 Å². The molecule has 0 aliphatic carbocycles. The summed E-state index contributed by atoms with van der Waals surface area (Å²) < 4.78 is 18.2. The van der Waals surface area contributed by atoms with Gasteiger partial charge in [-0.1, -0.05) is 36.4 Å². The van der Waals surface area contributed by atoms with Gasteiger partial charge in [0.25, 0.3) is 5.91 Å². The summed E-state index contributed by atoms with van der Waals surface area (Å²) in [6.07, 6.45) is -3.42. The van der Waals surface area contributed by atoms with Crippen molar-refractivity contribution in [2.24, 2.45) is 5.73 Å². The Kier molecular flexibility index (Phi) is 6.43. The van der Waals surface area contributed by atoms with Gasteiger partial charge in [0.2, 0.25) is 5.82 Å². The number of hydrogen-bond donors (Lipinski definition) is 2. The smallest absolute Gasteiger partial charge is 0.338 e. The zero-order valence-electron chi connectivity index (χ0n) is 17.2. The third-order valence-corrected chi connectivity index (χ3v) is 4.96. The fourth-order valence-corrected chi connectivity index (χ4v) is 3.38. The molecule has 3 N–H and O–H groups in total. The van der Waals surface area contributed by atoms with E-state index in [-0.39, 0.29) is 17.0 Å².